The summed E-state index contributed by atoms with van der Waals surface area (Å²) < 4.78 is 48.0. The highest BCUT2D eigenvalue weighted by atomic mass is 19.4. The minimum absolute atomic E-state index is 0.126. The molecule has 1 saturated heterocycles. The second-order valence-corrected chi connectivity index (χ2v) is 10.8. The van der Waals surface area contributed by atoms with Crippen molar-refractivity contribution in [3.63, 3.8) is 0 Å². The average Bonchev–Trinajstić information content (AvgIpc) is 3.22. The number of alkyl halides is 3. The molecule has 2 aliphatic carbocycles. The van der Waals surface area contributed by atoms with Crippen molar-refractivity contribution < 1.29 is 42.4 Å². The van der Waals surface area contributed by atoms with Crippen LogP contribution in [0.1, 0.15) is 40.7 Å². The van der Waals surface area contributed by atoms with Crippen molar-refractivity contribution in [1.29, 1.82) is 0 Å². The summed E-state index contributed by atoms with van der Waals surface area (Å²) in [6, 6.07) is 7.01. The first-order valence-electron chi connectivity index (χ1n) is 12.7. The molecule has 2 fully saturated rings. The summed E-state index contributed by atoms with van der Waals surface area (Å²) >= 11 is 0. The predicted molar refractivity (Wildman–Crippen MR) is 132 cm³/mol. The van der Waals surface area contributed by atoms with Gasteiger partial charge in [-0.25, -0.2) is 0 Å². The Morgan fingerprint density at radius 3 is 2.77 bits per heavy atom. The lowest BCUT2D eigenvalue weighted by molar-refractivity contribution is -0.274. The van der Waals surface area contributed by atoms with Crippen LogP contribution in [0, 0.1) is 0 Å². The first kappa shape index (κ1) is 25.7. The van der Waals surface area contributed by atoms with E-state index in [1.165, 1.54) is 41.3 Å². The zero-order valence-electron chi connectivity index (χ0n) is 21.2. The summed E-state index contributed by atoms with van der Waals surface area (Å²) in [5.74, 6) is -0.967. The van der Waals surface area contributed by atoms with Gasteiger partial charge in [0.05, 0.1) is 11.5 Å². The molecule has 6 rings (SSSR count). The fourth-order valence-electron chi connectivity index (χ4n) is 7.26. The van der Waals surface area contributed by atoms with Crippen LogP contribution in [-0.2, 0) is 10.2 Å². The first-order valence-corrected chi connectivity index (χ1v) is 12.7. The third kappa shape index (κ3) is 3.59. The Labute approximate surface area is 222 Å². The fourth-order valence-corrected chi connectivity index (χ4v) is 7.26. The van der Waals surface area contributed by atoms with E-state index >= 15 is 0 Å². The normalized spacial score (nSPS) is 31.1. The Hall–Kier alpha value is -3.57. The lowest BCUT2D eigenvalue weighted by Gasteiger charge is -2.63. The number of carbonyl (C=O) groups excluding carboxylic acids is 2. The van der Waals surface area contributed by atoms with E-state index in [0.29, 0.717) is 36.1 Å². The predicted octanol–water partition coefficient (Wildman–Crippen LogP) is 3.26. The number of rotatable bonds is 4. The van der Waals surface area contributed by atoms with Crippen LogP contribution in [0.5, 0.6) is 17.2 Å². The van der Waals surface area contributed by atoms with E-state index in [0.717, 1.165) is 0 Å². The highest BCUT2D eigenvalue weighted by Gasteiger charge is 2.75. The Kier molecular flexibility index (Phi) is 5.58. The third-order valence-corrected chi connectivity index (χ3v) is 8.88. The van der Waals surface area contributed by atoms with E-state index in [-0.39, 0.29) is 23.7 Å². The van der Waals surface area contributed by atoms with Crippen molar-refractivity contribution in [3.8, 4) is 17.2 Å². The molecular formula is C28H27F3N2O6. The van der Waals surface area contributed by atoms with E-state index in [1.807, 2.05) is 11.9 Å². The van der Waals surface area contributed by atoms with Crippen LogP contribution in [0.4, 0.5) is 13.2 Å². The molecule has 2 heterocycles. The van der Waals surface area contributed by atoms with Gasteiger partial charge in [0.15, 0.2) is 17.3 Å². The van der Waals surface area contributed by atoms with Crippen LogP contribution < -0.4 is 9.47 Å². The molecule has 1 spiro atoms. The van der Waals surface area contributed by atoms with Gasteiger partial charge in [0, 0.05) is 24.3 Å². The second kappa shape index (κ2) is 8.46. The van der Waals surface area contributed by atoms with Crippen LogP contribution in [0.2, 0.25) is 0 Å². The number of halogens is 3. The van der Waals surface area contributed by atoms with Crippen molar-refractivity contribution in [1.82, 2.24) is 9.80 Å². The number of aliphatic hydroxyl groups is 1. The molecular weight excluding hydrogens is 517 g/mol. The number of carbonyl (C=O) groups is 2. The van der Waals surface area contributed by atoms with Gasteiger partial charge < -0.3 is 24.6 Å². The van der Waals surface area contributed by atoms with Crippen molar-refractivity contribution in [3.05, 3.63) is 59.2 Å². The van der Waals surface area contributed by atoms with Crippen LogP contribution >= 0.6 is 0 Å². The summed E-state index contributed by atoms with van der Waals surface area (Å²) in [4.78, 5) is 30.2. The Morgan fingerprint density at radius 1 is 1.26 bits per heavy atom. The van der Waals surface area contributed by atoms with Crippen LogP contribution in [0.25, 0.3) is 6.08 Å². The number of ether oxygens (including phenoxy) is 2. The smallest absolute Gasteiger partial charge is 0.504 e. The molecule has 0 radical (unpaired) electrons. The Balaban J connectivity index is 1.32. The molecule has 2 N–H and O–H groups in total. The van der Waals surface area contributed by atoms with Gasteiger partial charge in [0.25, 0.3) is 0 Å². The quantitative estimate of drug-likeness (QED) is 0.571. The summed E-state index contributed by atoms with van der Waals surface area (Å²) in [5.41, 5.74) is -1.15. The molecule has 39 heavy (non-hydrogen) atoms. The van der Waals surface area contributed by atoms with Crippen LogP contribution in [0.3, 0.4) is 0 Å². The number of aromatic hydroxyl groups is 1. The molecule has 0 aromatic heterocycles. The number of piperidine rings is 1. The molecule has 2 aromatic rings. The van der Waals surface area contributed by atoms with Crippen LogP contribution in [-0.4, -0.2) is 82.5 Å². The number of ketones is 1. The van der Waals surface area contributed by atoms with Gasteiger partial charge in [-0.1, -0.05) is 12.1 Å². The van der Waals surface area contributed by atoms with Gasteiger partial charge >= 0.3 is 6.36 Å². The second-order valence-electron chi connectivity index (χ2n) is 10.8. The third-order valence-electron chi connectivity index (χ3n) is 8.88. The summed E-state index contributed by atoms with van der Waals surface area (Å²) in [5, 5.41) is 22.9. The van der Waals surface area contributed by atoms with Crippen molar-refractivity contribution in [2.45, 2.75) is 54.8 Å². The summed E-state index contributed by atoms with van der Waals surface area (Å²) in [6.07, 6.45) is -1.83. The molecule has 2 unspecified atom stereocenters. The molecule has 2 bridgehead atoms. The largest absolute Gasteiger partial charge is 0.573 e. The maximum atomic E-state index is 13.5. The van der Waals surface area contributed by atoms with Crippen molar-refractivity contribution in [2.24, 2.45) is 0 Å². The number of hydrogen-bond donors (Lipinski definition) is 2. The number of likely N-dealkylation sites (tertiary alicyclic amines) is 1. The van der Waals surface area contributed by atoms with Crippen molar-refractivity contribution >= 4 is 17.8 Å². The fraction of sp³-hybridized carbons (Fsp3) is 0.429. The maximum absolute atomic E-state index is 13.5. The molecule has 8 nitrogen and oxygen atoms in total. The molecule has 2 aliphatic heterocycles. The van der Waals surface area contributed by atoms with Gasteiger partial charge in [-0.3, -0.25) is 14.5 Å². The van der Waals surface area contributed by atoms with Crippen molar-refractivity contribution in [2.75, 3.05) is 20.6 Å². The number of phenolic OH excluding ortho intramolecular Hbond substituents is 1. The minimum atomic E-state index is -4.83. The van der Waals surface area contributed by atoms with Crippen LogP contribution in [0.15, 0.2) is 42.5 Å². The van der Waals surface area contributed by atoms with E-state index in [2.05, 4.69) is 4.74 Å². The number of benzene rings is 2. The van der Waals surface area contributed by atoms with Gasteiger partial charge in [-0.15, -0.1) is 13.2 Å². The van der Waals surface area contributed by atoms with Gasteiger partial charge in [-0.05, 0) is 68.8 Å². The lowest BCUT2D eigenvalue weighted by Crippen LogP contribution is -2.79. The Bertz CT molecular complexity index is 1410. The summed E-state index contributed by atoms with van der Waals surface area (Å²) in [6.45, 7) is 0.522. The topological polar surface area (TPSA) is 99.5 Å². The molecule has 5 atom stereocenters. The monoisotopic (exact) mass is 544 g/mol. The van der Waals surface area contributed by atoms with E-state index < -0.39 is 47.2 Å². The molecule has 206 valence electrons. The molecule has 2 aromatic carbocycles. The van der Waals surface area contributed by atoms with E-state index in [4.69, 9.17) is 4.74 Å². The van der Waals surface area contributed by atoms with Gasteiger partial charge in [0.2, 0.25) is 5.91 Å². The Morgan fingerprint density at radius 2 is 2.03 bits per heavy atom. The highest BCUT2D eigenvalue weighted by molar-refractivity contribution is 6.06. The summed E-state index contributed by atoms with van der Waals surface area (Å²) in [7, 11) is 3.42. The SMILES string of the molecule is CN(C(=O)/C=C/c1cccc(OC(F)(F)F)c1)C1CC[C@@]2(O)[C@H]3C(=O)c4ccc(O)c5c4[C@@]2(CCN3C)C1O5. The molecule has 11 heteroatoms. The van der Waals surface area contributed by atoms with Gasteiger partial charge in [-0.2, -0.15) is 0 Å². The number of amides is 1. The molecule has 1 saturated carbocycles. The number of likely N-dealkylation sites (N-methyl/N-ethyl adjacent to an activating group) is 2. The first-order chi connectivity index (χ1) is 18.4. The highest BCUT2D eigenvalue weighted by Crippen LogP contribution is 2.65. The minimum Gasteiger partial charge on any atom is -0.504 e. The number of hydrogen-bond acceptors (Lipinski definition) is 7. The van der Waals surface area contributed by atoms with E-state index in [9.17, 15) is 33.0 Å². The van der Waals surface area contributed by atoms with E-state index in [1.54, 1.807) is 19.2 Å². The molecule has 4 aliphatic rings. The number of phenols is 1. The number of Topliss-reactive ketones (excluding diaryl/α,β-unsaturated/α-hetero) is 1. The number of nitrogens with zero attached hydrogens (tertiary/aromatic N) is 2. The maximum Gasteiger partial charge on any atom is 0.573 e. The molecule has 1 amide bonds. The zero-order valence-corrected chi connectivity index (χ0v) is 21.2. The van der Waals surface area contributed by atoms with Gasteiger partial charge in [0.1, 0.15) is 23.5 Å². The average molecular weight is 545 g/mol. The lowest BCUT2D eigenvalue weighted by atomic mass is 9.48. The standard InChI is InChI=1S/C28H27F3N2O6/c1-32-13-12-26-21-17-7-8-19(34)23(21)38-25(26)18(10-11-27(26,37)24(32)22(17)36)33(2)20(35)9-6-15-4-3-5-16(14-15)39-28(29,30)31/h3-9,14,18,24-25,34,37H,10-13H2,1-2H3/b9-6+/t18?,24-,25?,26+,27-/m1/s1. The zero-order chi connectivity index (χ0) is 27.9.